The average Bonchev–Trinajstić information content (AvgIpc) is 3.24. The molecule has 1 aromatic heterocycles. The molecule has 2 aromatic rings. The van der Waals surface area contributed by atoms with Crippen molar-refractivity contribution in [1.29, 1.82) is 0 Å². The van der Waals surface area contributed by atoms with Gasteiger partial charge in [0.15, 0.2) is 0 Å². The van der Waals surface area contributed by atoms with Crippen LogP contribution in [0.2, 0.25) is 0 Å². The van der Waals surface area contributed by atoms with Crippen LogP contribution in [0.15, 0.2) is 24.4 Å². The summed E-state index contributed by atoms with van der Waals surface area (Å²) in [6.45, 7) is 0.361. The number of nitrogens with zero attached hydrogens (tertiary/aromatic N) is 1. The lowest BCUT2D eigenvalue weighted by atomic mass is 9.95. The van der Waals surface area contributed by atoms with Crippen LogP contribution in [0, 0.1) is 5.82 Å². The van der Waals surface area contributed by atoms with Crippen LogP contribution < -0.4 is 5.32 Å². The topological polar surface area (TPSA) is 51.2 Å². The van der Waals surface area contributed by atoms with Gasteiger partial charge >= 0.3 is 0 Å². The summed E-state index contributed by atoms with van der Waals surface area (Å²) in [4.78, 5) is 17.2. The van der Waals surface area contributed by atoms with Gasteiger partial charge in [0.05, 0.1) is 5.57 Å². The van der Waals surface area contributed by atoms with Crippen LogP contribution in [0.3, 0.4) is 0 Å². The third-order valence-electron chi connectivity index (χ3n) is 5.05. The molecule has 0 saturated heterocycles. The zero-order valence-electron chi connectivity index (χ0n) is 15.2. The standard InChI is InChI=1S/C21H19Cl2FN2O2/c22-7-1-3-13-16-11-28-20(15(16)10-25-17(13)4-2-8-23)19-14-9-12(24)5-6-18(14)26-21(19)27/h5-6,9-10H,1-4,7-8,11H2,(H,26,27). The van der Waals surface area contributed by atoms with Gasteiger partial charge in [0.1, 0.15) is 18.2 Å². The van der Waals surface area contributed by atoms with Crippen molar-refractivity contribution in [2.24, 2.45) is 0 Å². The molecule has 0 saturated carbocycles. The molecule has 0 spiro atoms. The summed E-state index contributed by atoms with van der Waals surface area (Å²) in [5.41, 5.74) is 5.40. The van der Waals surface area contributed by atoms with Crippen LogP contribution in [0.5, 0.6) is 0 Å². The highest BCUT2D eigenvalue weighted by atomic mass is 35.5. The van der Waals surface area contributed by atoms with Gasteiger partial charge in [0.2, 0.25) is 0 Å². The van der Waals surface area contributed by atoms with Crippen molar-refractivity contribution < 1.29 is 13.9 Å². The number of aromatic nitrogens is 1. The summed E-state index contributed by atoms with van der Waals surface area (Å²) in [5.74, 6) is 0.895. The fraction of sp³-hybridized carbons (Fsp3) is 0.333. The van der Waals surface area contributed by atoms with Crippen LogP contribution in [0.1, 0.15) is 40.8 Å². The number of hydrogen-bond acceptors (Lipinski definition) is 3. The first-order chi connectivity index (χ1) is 13.6. The lowest BCUT2D eigenvalue weighted by Gasteiger charge is -2.12. The minimum atomic E-state index is -0.399. The largest absolute Gasteiger partial charge is 0.487 e. The number of benzene rings is 1. The molecule has 2 aliphatic rings. The number of anilines is 1. The number of pyridine rings is 1. The van der Waals surface area contributed by atoms with E-state index in [-0.39, 0.29) is 5.91 Å². The van der Waals surface area contributed by atoms with E-state index in [4.69, 9.17) is 27.9 Å². The molecule has 3 heterocycles. The zero-order valence-corrected chi connectivity index (χ0v) is 16.7. The molecule has 0 aliphatic carbocycles. The second kappa shape index (κ2) is 8.10. The number of halogens is 3. The lowest BCUT2D eigenvalue weighted by molar-refractivity contribution is -0.110. The summed E-state index contributed by atoms with van der Waals surface area (Å²) in [6.07, 6.45) is 5.00. The molecule has 0 unspecified atom stereocenters. The van der Waals surface area contributed by atoms with Crippen molar-refractivity contribution in [3.05, 3.63) is 58.2 Å². The maximum atomic E-state index is 13.8. The first-order valence-electron chi connectivity index (χ1n) is 9.24. The molecular formula is C21H19Cl2FN2O2. The molecule has 1 aromatic carbocycles. The normalized spacial score (nSPS) is 17.3. The van der Waals surface area contributed by atoms with E-state index < -0.39 is 5.82 Å². The second-order valence-corrected chi connectivity index (χ2v) is 7.55. The van der Waals surface area contributed by atoms with Gasteiger partial charge in [-0.1, -0.05) is 0 Å². The van der Waals surface area contributed by atoms with Crippen molar-refractivity contribution in [2.45, 2.75) is 32.3 Å². The number of ether oxygens (including phenoxy) is 1. The number of nitrogens with one attached hydrogen (secondary N) is 1. The Kier molecular flexibility index (Phi) is 5.56. The second-order valence-electron chi connectivity index (χ2n) is 6.80. The van der Waals surface area contributed by atoms with E-state index in [1.165, 1.54) is 12.1 Å². The number of alkyl halides is 2. The molecule has 146 valence electrons. The van der Waals surface area contributed by atoms with Gasteiger partial charge in [0.25, 0.3) is 5.91 Å². The van der Waals surface area contributed by atoms with Gasteiger partial charge in [0, 0.05) is 46.0 Å². The van der Waals surface area contributed by atoms with E-state index in [1.54, 1.807) is 12.3 Å². The average molecular weight is 421 g/mol. The molecule has 4 nitrogen and oxygen atoms in total. The number of hydrogen-bond donors (Lipinski definition) is 1. The Morgan fingerprint density at radius 1 is 1.14 bits per heavy atom. The van der Waals surface area contributed by atoms with Gasteiger partial charge in [-0.15, -0.1) is 23.2 Å². The van der Waals surface area contributed by atoms with E-state index in [2.05, 4.69) is 10.3 Å². The predicted molar refractivity (Wildman–Crippen MR) is 109 cm³/mol. The smallest absolute Gasteiger partial charge is 0.260 e. The van der Waals surface area contributed by atoms with Gasteiger partial charge in [-0.3, -0.25) is 9.78 Å². The highest BCUT2D eigenvalue weighted by molar-refractivity contribution is 6.36. The summed E-state index contributed by atoms with van der Waals surface area (Å²) in [7, 11) is 0. The first kappa shape index (κ1) is 19.2. The van der Waals surface area contributed by atoms with Crippen LogP contribution in [0.4, 0.5) is 10.1 Å². The molecule has 4 rings (SSSR count). The van der Waals surface area contributed by atoms with Crippen LogP contribution >= 0.6 is 23.2 Å². The first-order valence-corrected chi connectivity index (χ1v) is 10.3. The molecule has 7 heteroatoms. The molecule has 28 heavy (non-hydrogen) atoms. The van der Waals surface area contributed by atoms with Crippen molar-refractivity contribution in [1.82, 2.24) is 4.98 Å². The quantitative estimate of drug-likeness (QED) is 0.533. The van der Waals surface area contributed by atoms with E-state index in [1.807, 2.05) is 0 Å². The van der Waals surface area contributed by atoms with Gasteiger partial charge < -0.3 is 10.1 Å². The van der Waals surface area contributed by atoms with Crippen molar-refractivity contribution in [2.75, 3.05) is 17.1 Å². The summed E-state index contributed by atoms with van der Waals surface area (Å²) in [5, 5.41) is 2.77. The highest BCUT2D eigenvalue weighted by Gasteiger charge is 2.34. The minimum absolute atomic E-state index is 0.294. The highest BCUT2D eigenvalue weighted by Crippen LogP contribution is 2.42. The Balaban J connectivity index is 1.83. The van der Waals surface area contributed by atoms with Crippen molar-refractivity contribution >= 4 is 46.1 Å². The lowest BCUT2D eigenvalue weighted by Crippen LogP contribution is -2.07. The van der Waals surface area contributed by atoms with Crippen LogP contribution in [0.25, 0.3) is 11.3 Å². The molecule has 0 radical (unpaired) electrons. The fourth-order valence-corrected chi connectivity index (χ4v) is 4.05. The summed E-state index contributed by atoms with van der Waals surface area (Å²) in [6, 6.07) is 4.24. The minimum Gasteiger partial charge on any atom is -0.487 e. The van der Waals surface area contributed by atoms with Crippen molar-refractivity contribution in [3.63, 3.8) is 0 Å². The number of rotatable bonds is 6. The molecule has 0 bridgehead atoms. The number of fused-ring (bicyclic) bond motifs is 2. The number of amides is 1. The molecule has 1 amide bonds. The predicted octanol–water partition coefficient (Wildman–Crippen LogP) is 4.91. The van der Waals surface area contributed by atoms with E-state index in [0.717, 1.165) is 48.1 Å². The molecule has 0 atom stereocenters. The van der Waals surface area contributed by atoms with Gasteiger partial charge in [-0.25, -0.2) is 4.39 Å². The molecule has 0 fully saturated rings. The molecular weight excluding hydrogens is 402 g/mol. The van der Waals surface area contributed by atoms with Crippen molar-refractivity contribution in [3.8, 4) is 0 Å². The van der Waals surface area contributed by atoms with E-state index in [9.17, 15) is 9.18 Å². The van der Waals surface area contributed by atoms with Gasteiger partial charge in [-0.05, 0) is 49.4 Å². The van der Waals surface area contributed by atoms with E-state index >= 15 is 0 Å². The van der Waals surface area contributed by atoms with E-state index in [0.29, 0.717) is 40.9 Å². The monoisotopic (exact) mass is 420 g/mol. The number of aryl methyl sites for hydroxylation is 1. The third kappa shape index (κ3) is 3.38. The zero-order chi connectivity index (χ0) is 19.7. The maximum Gasteiger partial charge on any atom is 0.260 e. The molecule has 2 aliphatic heterocycles. The molecule has 1 N–H and O–H groups in total. The Morgan fingerprint density at radius 3 is 2.71 bits per heavy atom. The number of carbonyl (C=O) groups is 1. The maximum absolute atomic E-state index is 13.8. The van der Waals surface area contributed by atoms with Crippen LogP contribution in [-0.2, 0) is 29.0 Å². The Bertz CT molecular complexity index is 975. The summed E-state index contributed by atoms with van der Waals surface area (Å²) >= 11 is 11.8. The fourth-order valence-electron chi connectivity index (χ4n) is 3.78. The Labute approximate surface area is 172 Å². The Hall–Kier alpha value is -2.11. The Morgan fingerprint density at radius 2 is 1.93 bits per heavy atom. The number of carbonyl (C=O) groups excluding carboxylic acids is 1. The van der Waals surface area contributed by atoms with Crippen LogP contribution in [-0.4, -0.2) is 22.7 Å². The van der Waals surface area contributed by atoms with Gasteiger partial charge in [-0.2, -0.15) is 0 Å². The SMILES string of the molecule is O=C1Nc2ccc(F)cc2C1=C1OCc2c1cnc(CCCCl)c2CCCCl. The third-order valence-corrected chi connectivity index (χ3v) is 5.59. The summed E-state index contributed by atoms with van der Waals surface area (Å²) < 4.78 is 19.7.